The molecule has 1 aromatic rings. The molecule has 0 aliphatic carbocycles. The summed E-state index contributed by atoms with van der Waals surface area (Å²) in [5.74, 6) is -0.434. The number of hydrogen-bond donors (Lipinski definition) is 0. The van der Waals surface area contributed by atoms with Gasteiger partial charge in [0.15, 0.2) is 6.10 Å². The number of unbranched alkanes of at least 4 members (excludes halogenated alkanes) is 2. The van der Waals surface area contributed by atoms with Gasteiger partial charge in [0.25, 0.3) is 0 Å². The van der Waals surface area contributed by atoms with Gasteiger partial charge in [-0.25, -0.2) is 9.36 Å². The van der Waals surface area contributed by atoms with E-state index < -0.39 is 26.2 Å². The molecular weight excluding hydrogens is 431 g/mol. The summed E-state index contributed by atoms with van der Waals surface area (Å²) in [7, 11) is -3.90. The zero-order chi connectivity index (χ0) is 23.6. The van der Waals surface area contributed by atoms with Gasteiger partial charge in [-0.05, 0) is 37.3 Å². The fourth-order valence-electron chi connectivity index (χ4n) is 3.61. The third-order valence-corrected chi connectivity index (χ3v) is 7.36. The number of phosphoric ester groups is 1. The van der Waals surface area contributed by atoms with E-state index in [1.165, 1.54) is 0 Å². The molecule has 0 saturated carbocycles. The highest BCUT2D eigenvalue weighted by Crippen LogP contribution is 2.53. The summed E-state index contributed by atoms with van der Waals surface area (Å²) in [6, 6.07) is 8.77. The Labute approximate surface area is 192 Å². The van der Waals surface area contributed by atoms with Crippen LogP contribution < -0.4 is 0 Å². The molecule has 0 radical (unpaired) electrons. The maximum atomic E-state index is 13.4. The van der Waals surface area contributed by atoms with Gasteiger partial charge in [-0.3, -0.25) is 13.6 Å². The summed E-state index contributed by atoms with van der Waals surface area (Å²) in [5, 5.41) is 0. The molecule has 8 heteroatoms. The second-order valence-corrected chi connectivity index (χ2v) is 9.95. The Bertz CT molecular complexity index is 712. The van der Waals surface area contributed by atoms with E-state index in [4.69, 9.17) is 23.0 Å². The highest BCUT2D eigenvalue weighted by molar-refractivity contribution is 7.48. The Morgan fingerprint density at radius 3 is 2.09 bits per heavy atom. The molecule has 0 bridgehead atoms. The minimum absolute atomic E-state index is 0.0777. The van der Waals surface area contributed by atoms with Crippen LogP contribution in [0.2, 0.25) is 0 Å². The first-order valence-corrected chi connectivity index (χ1v) is 13.3. The number of benzene rings is 1. The summed E-state index contributed by atoms with van der Waals surface area (Å²) < 4.78 is 42.5. The number of carbonyl (C=O) groups excluding carboxylic acids is 1. The molecule has 182 valence electrons. The second kappa shape index (κ2) is 13.5. The molecule has 0 amide bonds. The number of rotatable bonds is 13. The van der Waals surface area contributed by atoms with E-state index in [1.54, 1.807) is 24.3 Å². The van der Waals surface area contributed by atoms with E-state index in [-0.39, 0.29) is 31.2 Å². The second-order valence-electron chi connectivity index (χ2n) is 8.33. The quantitative estimate of drug-likeness (QED) is 0.188. The Hall–Kier alpha value is -1.24. The summed E-state index contributed by atoms with van der Waals surface area (Å²) >= 11 is 0. The number of hydrogen-bond acceptors (Lipinski definition) is 7. The lowest BCUT2D eigenvalue weighted by Gasteiger charge is -2.44. The SMILES string of the molecule is CCCCOP(=O)(OCCCC)O[C@H]1OC(CC)[C@@H](C)[C@H](C)C1OC(=O)c1ccccc1. The monoisotopic (exact) mass is 470 g/mol. The van der Waals surface area contributed by atoms with Crippen molar-refractivity contribution in [3.8, 4) is 0 Å². The third-order valence-electron chi connectivity index (χ3n) is 5.89. The number of ether oxygens (including phenoxy) is 2. The minimum Gasteiger partial charge on any atom is -0.453 e. The van der Waals surface area contributed by atoms with Crippen LogP contribution in [0.1, 0.15) is 77.1 Å². The van der Waals surface area contributed by atoms with E-state index in [0.29, 0.717) is 5.56 Å². The Kier molecular flexibility index (Phi) is 11.4. The molecule has 1 aliphatic rings. The predicted molar refractivity (Wildman–Crippen MR) is 123 cm³/mol. The van der Waals surface area contributed by atoms with Crippen LogP contribution in [0.4, 0.5) is 0 Å². The average Bonchev–Trinajstić information content (AvgIpc) is 2.79. The molecule has 0 N–H and O–H groups in total. The van der Waals surface area contributed by atoms with Crippen LogP contribution in [0.15, 0.2) is 30.3 Å². The minimum atomic E-state index is -3.90. The predicted octanol–water partition coefficient (Wildman–Crippen LogP) is 6.38. The van der Waals surface area contributed by atoms with Crippen molar-refractivity contribution in [2.45, 2.75) is 85.2 Å². The number of phosphoric acid groups is 1. The lowest BCUT2D eigenvalue weighted by atomic mass is 9.82. The lowest BCUT2D eigenvalue weighted by molar-refractivity contribution is -0.244. The average molecular weight is 471 g/mol. The van der Waals surface area contributed by atoms with Crippen molar-refractivity contribution >= 4 is 13.8 Å². The van der Waals surface area contributed by atoms with Crippen LogP contribution in [-0.2, 0) is 27.6 Å². The largest absolute Gasteiger partial charge is 0.477 e. The van der Waals surface area contributed by atoms with Gasteiger partial charge >= 0.3 is 13.8 Å². The molecular formula is C24H39O7P. The number of esters is 1. The van der Waals surface area contributed by atoms with Crippen molar-refractivity contribution in [3.63, 3.8) is 0 Å². The molecule has 2 unspecified atom stereocenters. The third kappa shape index (κ3) is 7.67. The van der Waals surface area contributed by atoms with Gasteiger partial charge in [0.1, 0.15) is 0 Å². The van der Waals surface area contributed by atoms with Crippen molar-refractivity contribution < 1.29 is 32.4 Å². The maximum Gasteiger partial charge on any atom is 0.477 e. The van der Waals surface area contributed by atoms with Crippen LogP contribution in [0.5, 0.6) is 0 Å². The Balaban J connectivity index is 2.23. The Morgan fingerprint density at radius 1 is 0.969 bits per heavy atom. The molecule has 5 atom stereocenters. The summed E-state index contributed by atoms with van der Waals surface area (Å²) in [5.41, 5.74) is 0.435. The van der Waals surface area contributed by atoms with Crippen molar-refractivity contribution in [1.29, 1.82) is 0 Å². The molecule has 32 heavy (non-hydrogen) atoms. The van der Waals surface area contributed by atoms with Gasteiger partial charge in [0.2, 0.25) is 6.29 Å². The van der Waals surface area contributed by atoms with Gasteiger partial charge in [-0.15, -0.1) is 0 Å². The zero-order valence-electron chi connectivity index (χ0n) is 20.0. The van der Waals surface area contributed by atoms with Crippen LogP contribution in [0.25, 0.3) is 0 Å². The highest BCUT2D eigenvalue weighted by atomic mass is 31.2. The lowest BCUT2D eigenvalue weighted by Crippen LogP contribution is -2.51. The highest BCUT2D eigenvalue weighted by Gasteiger charge is 2.47. The number of carbonyl (C=O) groups is 1. The Morgan fingerprint density at radius 2 is 1.56 bits per heavy atom. The van der Waals surface area contributed by atoms with Crippen LogP contribution in [0.3, 0.4) is 0 Å². The molecule has 1 heterocycles. The van der Waals surface area contributed by atoms with Gasteiger partial charge in [-0.2, -0.15) is 0 Å². The van der Waals surface area contributed by atoms with Crippen LogP contribution in [-0.4, -0.2) is 37.7 Å². The van der Waals surface area contributed by atoms with E-state index in [0.717, 1.165) is 32.1 Å². The van der Waals surface area contributed by atoms with E-state index in [9.17, 15) is 9.36 Å². The molecule has 1 aromatic carbocycles. The van der Waals surface area contributed by atoms with Crippen molar-refractivity contribution in [1.82, 2.24) is 0 Å². The van der Waals surface area contributed by atoms with Crippen molar-refractivity contribution in [2.75, 3.05) is 13.2 Å². The maximum absolute atomic E-state index is 13.4. The summed E-state index contributed by atoms with van der Waals surface area (Å²) in [4.78, 5) is 12.8. The topological polar surface area (TPSA) is 80.3 Å². The van der Waals surface area contributed by atoms with Gasteiger partial charge in [0.05, 0.1) is 24.9 Å². The molecule has 1 aliphatic heterocycles. The van der Waals surface area contributed by atoms with Gasteiger partial charge < -0.3 is 9.47 Å². The fourth-order valence-corrected chi connectivity index (χ4v) is 4.93. The van der Waals surface area contributed by atoms with Gasteiger partial charge in [0, 0.05) is 5.92 Å². The normalized spacial score (nSPS) is 26.1. The summed E-state index contributed by atoms with van der Waals surface area (Å²) in [6.07, 6.45) is 2.06. The zero-order valence-corrected chi connectivity index (χ0v) is 20.9. The molecule has 0 spiro atoms. The van der Waals surface area contributed by atoms with Crippen LogP contribution in [0, 0.1) is 11.8 Å². The van der Waals surface area contributed by atoms with Crippen LogP contribution >= 0.6 is 7.82 Å². The first kappa shape index (κ1) is 27.0. The smallest absolute Gasteiger partial charge is 0.453 e. The van der Waals surface area contributed by atoms with Crippen molar-refractivity contribution in [2.24, 2.45) is 11.8 Å². The molecule has 1 saturated heterocycles. The van der Waals surface area contributed by atoms with E-state index in [1.807, 2.05) is 33.8 Å². The van der Waals surface area contributed by atoms with Gasteiger partial charge in [-0.1, -0.05) is 65.7 Å². The van der Waals surface area contributed by atoms with E-state index >= 15 is 0 Å². The molecule has 7 nitrogen and oxygen atoms in total. The van der Waals surface area contributed by atoms with E-state index in [2.05, 4.69) is 6.92 Å². The van der Waals surface area contributed by atoms with Crippen molar-refractivity contribution in [3.05, 3.63) is 35.9 Å². The fraction of sp³-hybridized carbons (Fsp3) is 0.708. The molecule has 2 rings (SSSR count). The first-order chi connectivity index (χ1) is 15.3. The standard InChI is InChI=1S/C24H39O7P/c1-6-9-16-27-32(26,28-17-10-7-2)31-24-22(19(5)18(4)21(8-3)29-24)30-23(25)20-14-12-11-13-15-20/h11-15,18-19,21-22,24H,6-10,16-17H2,1-5H3/t18-,19-,21?,22?,24+/m0/s1. The molecule has 0 aromatic heterocycles. The summed E-state index contributed by atoms with van der Waals surface area (Å²) in [6.45, 7) is 10.6. The molecule has 1 fully saturated rings. The first-order valence-electron chi connectivity index (χ1n) is 11.8.